The van der Waals surface area contributed by atoms with Gasteiger partial charge in [-0.1, -0.05) is 0 Å². The number of aromatic nitrogens is 2. The first-order valence-corrected chi connectivity index (χ1v) is 6.75. The monoisotopic (exact) mass is 234 g/mol. The van der Waals surface area contributed by atoms with Crippen LogP contribution in [-0.4, -0.2) is 40.6 Å². The third kappa shape index (κ3) is 2.69. The SMILES string of the molecule is CN(Cc1cncn1C1CC1)CC1CCCN1. The fraction of sp³-hybridized carbons (Fsp3) is 0.769. The Kier molecular flexibility index (Phi) is 3.16. The maximum Gasteiger partial charge on any atom is 0.0951 e. The summed E-state index contributed by atoms with van der Waals surface area (Å²) < 4.78 is 2.36. The van der Waals surface area contributed by atoms with E-state index in [4.69, 9.17) is 0 Å². The molecule has 0 amide bonds. The van der Waals surface area contributed by atoms with E-state index < -0.39 is 0 Å². The van der Waals surface area contributed by atoms with Crippen LogP contribution in [0.25, 0.3) is 0 Å². The Hall–Kier alpha value is -0.870. The molecule has 0 bridgehead atoms. The molecule has 2 fully saturated rings. The average Bonchev–Trinajstić information content (AvgIpc) is 2.84. The minimum absolute atomic E-state index is 0.692. The van der Waals surface area contributed by atoms with Crippen LogP contribution in [-0.2, 0) is 6.54 Å². The summed E-state index contributed by atoms with van der Waals surface area (Å²) in [7, 11) is 2.21. The van der Waals surface area contributed by atoms with Gasteiger partial charge in [0.2, 0.25) is 0 Å². The maximum absolute atomic E-state index is 4.29. The Morgan fingerprint density at radius 3 is 3.06 bits per heavy atom. The highest BCUT2D eigenvalue weighted by Crippen LogP contribution is 2.35. The summed E-state index contributed by atoms with van der Waals surface area (Å²) in [4.78, 5) is 6.70. The third-order valence-corrected chi connectivity index (χ3v) is 3.81. The average molecular weight is 234 g/mol. The van der Waals surface area contributed by atoms with E-state index in [1.54, 1.807) is 0 Å². The molecule has 1 saturated heterocycles. The van der Waals surface area contributed by atoms with E-state index in [2.05, 4.69) is 26.8 Å². The van der Waals surface area contributed by atoms with Gasteiger partial charge in [-0.2, -0.15) is 0 Å². The summed E-state index contributed by atoms with van der Waals surface area (Å²) in [5.74, 6) is 0. The lowest BCUT2D eigenvalue weighted by Gasteiger charge is -2.21. The van der Waals surface area contributed by atoms with Gasteiger partial charge in [-0.15, -0.1) is 0 Å². The number of nitrogens with one attached hydrogen (secondary N) is 1. The normalized spacial score (nSPS) is 24.7. The largest absolute Gasteiger partial charge is 0.330 e. The number of nitrogens with zero attached hydrogens (tertiary/aromatic N) is 3. The summed E-state index contributed by atoms with van der Waals surface area (Å²) >= 11 is 0. The highest BCUT2D eigenvalue weighted by molar-refractivity contribution is 5.03. The molecule has 2 aliphatic rings. The van der Waals surface area contributed by atoms with Crippen LogP contribution in [0.1, 0.15) is 37.4 Å². The molecule has 0 spiro atoms. The second kappa shape index (κ2) is 4.78. The van der Waals surface area contributed by atoms with Crippen molar-refractivity contribution in [2.24, 2.45) is 0 Å². The molecule has 3 rings (SSSR count). The first-order chi connectivity index (χ1) is 8.33. The second-order valence-electron chi connectivity index (χ2n) is 5.51. The van der Waals surface area contributed by atoms with E-state index in [0.717, 1.165) is 19.1 Å². The molecule has 1 aliphatic heterocycles. The van der Waals surface area contributed by atoms with E-state index in [9.17, 15) is 0 Å². The molecule has 4 nitrogen and oxygen atoms in total. The minimum Gasteiger partial charge on any atom is -0.330 e. The summed E-state index contributed by atoms with van der Waals surface area (Å²) in [5, 5.41) is 3.55. The summed E-state index contributed by atoms with van der Waals surface area (Å²) in [6, 6.07) is 1.43. The molecule has 0 radical (unpaired) electrons. The van der Waals surface area contributed by atoms with Crippen LogP contribution in [0.3, 0.4) is 0 Å². The van der Waals surface area contributed by atoms with Gasteiger partial charge in [-0.25, -0.2) is 4.98 Å². The number of hydrogen-bond donors (Lipinski definition) is 1. The standard InChI is InChI=1S/C13H22N4/c1-16(8-11-3-2-6-15-11)9-13-7-14-10-17(13)12-4-5-12/h7,10-12,15H,2-6,8-9H2,1H3. The highest BCUT2D eigenvalue weighted by atomic mass is 15.2. The Balaban J connectivity index is 1.55. The van der Waals surface area contributed by atoms with Gasteiger partial charge >= 0.3 is 0 Å². The van der Waals surface area contributed by atoms with Crippen LogP contribution in [0.5, 0.6) is 0 Å². The zero-order chi connectivity index (χ0) is 11.7. The van der Waals surface area contributed by atoms with Gasteiger partial charge in [0.1, 0.15) is 0 Å². The quantitative estimate of drug-likeness (QED) is 0.836. The number of rotatable bonds is 5. The van der Waals surface area contributed by atoms with Crippen molar-refractivity contribution in [2.75, 3.05) is 20.1 Å². The zero-order valence-electron chi connectivity index (χ0n) is 10.6. The topological polar surface area (TPSA) is 33.1 Å². The van der Waals surface area contributed by atoms with Crippen molar-refractivity contribution < 1.29 is 0 Å². The van der Waals surface area contributed by atoms with Crippen molar-refractivity contribution in [3.05, 3.63) is 18.2 Å². The molecule has 1 aliphatic carbocycles. The molecule has 1 saturated carbocycles. The highest BCUT2D eigenvalue weighted by Gasteiger charge is 2.25. The molecule has 1 aromatic rings. The number of hydrogen-bond acceptors (Lipinski definition) is 3. The molecule has 17 heavy (non-hydrogen) atoms. The molecule has 0 aromatic carbocycles. The van der Waals surface area contributed by atoms with Crippen LogP contribution < -0.4 is 5.32 Å². The van der Waals surface area contributed by atoms with Crippen LogP contribution in [0.4, 0.5) is 0 Å². The second-order valence-corrected chi connectivity index (χ2v) is 5.51. The van der Waals surface area contributed by atoms with Crippen molar-refractivity contribution in [3.8, 4) is 0 Å². The lowest BCUT2D eigenvalue weighted by atomic mass is 10.2. The minimum atomic E-state index is 0.692. The fourth-order valence-corrected chi connectivity index (χ4v) is 2.77. The molecule has 4 heteroatoms. The fourth-order valence-electron chi connectivity index (χ4n) is 2.77. The molecule has 94 valence electrons. The van der Waals surface area contributed by atoms with Gasteiger partial charge in [0, 0.05) is 31.4 Å². The smallest absolute Gasteiger partial charge is 0.0951 e. The lowest BCUT2D eigenvalue weighted by molar-refractivity contribution is 0.286. The summed E-state index contributed by atoms with van der Waals surface area (Å²) in [6.45, 7) is 3.36. The Morgan fingerprint density at radius 2 is 2.35 bits per heavy atom. The van der Waals surface area contributed by atoms with Gasteiger partial charge in [-0.05, 0) is 39.3 Å². The molecule has 1 atom stereocenters. The molecule has 1 N–H and O–H groups in total. The van der Waals surface area contributed by atoms with Crippen molar-refractivity contribution >= 4 is 0 Å². The van der Waals surface area contributed by atoms with E-state index in [1.807, 2.05) is 12.5 Å². The summed E-state index contributed by atoms with van der Waals surface area (Å²) in [5.41, 5.74) is 1.37. The van der Waals surface area contributed by atoms with Crippen molar-refractivity contribution in [1.29, 1.82) is 0 Å². The number of likely N-dealkylation sites (N-methyl/N-ethyl adjacent to an activating group) is 1. The van der Waals surface area contributed by atoms with E-state index in [1.165, 1.54) is 37.9 Å². The Bertz CT molecular complexity index is 363. The van der Waals surface area contributed by atoms with Crippen LogP contribution in [0.2, 0.25) is 0 Å². The van der Waals surface area contributed by atoms with Gasteiger partial charge < -0.3 is 9.88 Å². The predicted octanol–water partition coefficient (Wildman–Crippen LogP) is 1.40. The third-order valence-electron chi connectivity index (χ3n) is 3.81. The Morgan fingerprint density at radius 1 is 1.47 bits per heavy atom. The molecular weight excluding hydrogens is 212 g/mol. The molecule has 2 heterocycles. The number of imidazole rings is 1. The summed E-state index contributed by atoms with van der Waals surface area (Å²) in [6.07, 6.45) is 9.34. The first kappa shape index (κ1) is 11.2. The van der Waals surface area contributed by atoms with Gasteiger partial charge in [0.25, 0.3) is 0 Å². The lowest BCUT2D eigenvalue weighted by Crippen LogP contribution is -2.35. The van der Waals surface area contributed by atoms with Gasteiger partial charge in [-0.3, -0.25) is 4.90 Å². The van der Waals surface area contributed by atoms with Gasteiger partial charge in [0.05, 0.1) is 12.0 Å². The van der Waals surface area contributed by atoms with Gasteiger partial charge in [0.15, 0.2) is 0 Å². The van der Waals surface area contributed by atoms with Crippen LogP contribution in [0.15, 0.2) is 12.5 Å². The predicted molar refractivity (Wildman–Crippen MR) is 67.9 cm³/mol. The molecule has 1 aromatic heterocycles. The van der Waals surface area contributed by atoms with Crippen LogP contribution >= 0.6 is 0 Å². The van der Waals surface area contributed by atoms with E-state index >= 15 is 0 Å². The zero-order valence-corrected chi connectivity index (χ0v) is 10.6. The maximum atomic E-state index is 4.29. The van der Waals surface area contributed by atoms with E-state index in [-0.39, 0.29) is 0 Å². The van der Waals surface area contributed by atoms with Crippen molar-refractivity contribution in [2.45, 2.75) is 44.3 Å². The van der Waals surface area contributed by atoms with Crippen molar-refractivity contribution in [3.63, 3.8) is 0 Å². The van der Waals surface area contributed by atoms with Crippen molar-refractivity contribution in [1.82, 2.24) is 19.8 Å². The Labute approximate surface area is 103 Å². The molecule has 1 unspecified atom stereocenters. The molecular formula is C13H22N4. The van der Waals surface area contributed by atoms with Crippen LogP contribution in [0, 0.1) is 0 Å². The first-order valence-electron chi connectivity index (χ1n) is 6.75. The van der Waals surface area contributed by atoms with E-state index in [0.29, 0.717) is 6.04 Å².